The molecule has 2 aliphatic rings. The van der Waals surface area contributed by atoms with Crippen molar-refractivity contribution in [1.29, 1.82) is 0 Å². The summed E-state index contributed by atoms with van der Waals surface area (Å²) in [6, 6.07) is 32.6. The highest BCUT2D eigenvalue weighted by atomic mass is 16.5. The van der Waals surface area contributed by atoms with Crippen molar-refractivity contribution < 1.29 is 4.74 Å². The molecule has 1 saturated heterocycles. The third-order valence-electron chi connectivity index (χ3n) is 7.45. The molecule has 0 N–H and O–H groups in total. The third kappa shape index (κ3) is 4.18. The van der Waals surface area contributed by atoms with E-state index in [0.29, 0.717) is 0 Å². The number of hydrogen-bond donors (Lipinski definition) is 0. The van der Waals surface area contributed by atoms with E-state index in [9.17, 15) is 0 Å². The maximum atomic E-state index is 6.41. The predicted molar refractivity (Wildman–Crippen MR) is 137 cm³/mol. The average molecular weight is 447 g/mol. The molecule has 34 heavy (non-hydrogen) atoms. The Bertz CT molecular complexity index is 1260. The van der Waals surface area contributed by atoms with E-state index in [1.54, 1.807) is 0 Å². The van der Waals surface area contributed by atoms with Gasteiger partial charge in [0.25, 0.3) is 0 Å². The number of likely N-dealkylation sites (tertiary alicyclic amines) is 1. The first kappa shape index (κ1) is 21.3. The molecule has 0 bridgehead atoms. The number of hydrogen-bond acceptors (Lipinski definition) is 3. The second-order valence-corrected chi connectivity index (χ2v) is 9.51. The molecule has 0 amide bonds. The quantitative estimate of drug-likeness (QED) is 0.359. The second-order valence-electron chi connectivity index (χ2n) is 9.51. The van der Waals surface area contributed by atoms with Crippen LogP contribution in [-0.4, -0.2) is 29.6 Å². The van der Waals surface area contributed by atoms with E-state index >= 15 is 0 Å². The fraction of sp³-hybridized carbons (Fsp3) is 0.258. The zero-order valence-corrected chi connectivity index (χ0v) is 19.5. The predicted octanol–water partition coefficient (Wildman–Crippen LogP) is 6.48. The van der Waals surface area contributed by atoms with Crippen LogP contribution in [0.3, 0.4) is 0 Å². The van der Waals surface area contributed by atoms with Gasteiger partial charge in [0.15, 0.2) is 0 Å². The minimum atomic E-state index is -0.0961. The van der Waals surface area contributed by atoms with E-state index in [2.05, 4.69) is 95.9 Å². The van der Waals surface area contributed by atoms with Gasteiger partial charge in [0.2, 0.25) is 0 Å². The monoisotopic (exact) mass is 446 g/mol. The molecule has 0 saturated carbocycles. The van der Waals surface area contributed by atoms with Gasteiger partial charge in [-0.15, -0.1) is 0 Å². The number of rotatable bonds is 4. The lowest BCUT2D eigenvalue weighted by molar-refractivity contribution is -0.0990. The van der Waals surface area contributed by atoms with Crippen molar-refractivity contribution in [2.75, 3.05) is 19.7 Å². The zero-order chi connectivity index (χ0) is 22.8. The first-order chi connectivity index (χ1) is 16.8. The molecular weight excluding hydrogens is 416 g/mol. The van der Waals surface area contributed by atoms with Crippen LogP contribution in [0, 0.1) is 0 Å². The molecule has 1 aromatic heterocycles. The number of piperidine rings is 1. The molecule has 3 heteroatoms. The number of fused-ring (bicyclic) bond motifs is 2. The molecule has 0 radical (unpaired) electrons. The van der Waals surface area contributed by atoms with Crippen LogP contribution in [0.1, 0.15) is 29.7 Å². The molecule has 4 aromatic rings. The van der Waals surface area contributed by atoms with Gasteiger partial charge in [-0.2, -0.15) is 0 Å². The highest BCUT2D eigenvalue weighted by molar-refractivity contribution is 5.70. The van der Waals surface area contributed by atoms with Crippen LogP contribution >= 0.6 is 0 Å². The van der Waals surface area contributed by atoms with Gasteiger partial charge < -0.3 is 4.74 Å². The van der Waals surface area contributed by atoms with Gasteiger partial charge in [0.05, 0.1) is 17.9 Å². The van der Waals surface area contributed by atoms with E-state index in [4.69, 9.17) is 9.72 Å². The third-order valence-corrected chi connectivity index (χ3v) is 7.45. The lowest BCUT2D eigenvalue weighted by Crippen LogP contribution is -2.46. The van der Waals surface area contributed by atoms with Crippen molar-refractivity contribution in [2.24, 2.45) is 0 Å². The van der Waals surface area contributed by atoms with Crippen molar-refractivity contribution >= 4 is 0 Å². The number of pyridine rings is 1. The maximum absolute atomic E-state index is 6.41. The van der Waals surface area contributed by atoms with Crippen molar-refractivity contribution in [2.45, 2.75) is 31.4 Å². The molecule has 1 spiro atoms. The summed E-state index contributed by atoms with van der Waals surface area (Å²) < 4.78 is 6.41. The highest BCUT2D eigenvalue weighted by Crippen LogP contribution is 2.41. The zero-order valence-electron chi connectivity index (χ0n) is 19.5. The Morgan fingerprint density at radius 1 is 0.735 bits per heavy atom. The van der Waals surface area contributed by atoms with Gasteiger partial charge in [-0.3, -0.25) is 9.88 Å². The van der Waals surface area contributed by atoms with Gasteiger partial charge in [0, 0.05) is 25.8 Å². The molecule has 0 aliphatic carbocycles. The largest absolute Gasteiger partial charge is 0.370 e. The highest BCUT2D eigenvalue weighted by Gasteiger charge is 2.40. The summed E-state index contributed by atoms with van der Waals surface area (Å²) in [5.74, 6) is 0. The van der Waals surface area contributed by atoms with E-state index in [-0.39, 0.29) is 5.60 Å². The summed E-state index contributed by atoms with van der Waals surface area (Å²) in [4.78, 5) is 7.22. The summed E-state index contributed by atoms with van der Waals surface area (Å²) in [5.41, 5.74) is 8.86. The molecule has 0 atom stereocenters. The Balaban J connectivity index is 1.14. The van der Waals surface area contributed by atoms with Crippen LogP contribution in [0.5, 0.6) is 0 Å². The molecule has 1 fully saturated rings. The van der Waals surface area contributed by atoms with Crippen LogP contribution in [0.2, 0.25) is 0 Å². The van der Waals surface area contributed by atoms with Crippen LogP contribution < -0.4 is 0 Å². The Kier molecular flexibility index (Phi) is 5.74. The van der Waals surface area contributed by atoms with Crippen molar-refractivity contribution in [1.82, 2.24) is 9.88 Å². The smallest absolute Gasteiger partial charge is 0.0958 e. The van der Waals surface area contributed by atoms with E-state index < -0.39 is 0 Å². The molecule has 3 aromatic carbocycles. The second kappa shape index (κ2) is 9.17. The van der Waals surface area contributed by atoms with Crippen molar-refractivity contribution in [3.05, 3.63) is 114 Å². The van der Waals surface area contributed by atoms with E-state index in [1.165, 1.54) is 33.4 Å². The summed E-state index contributed by atoms with van der Waals surface area (Å²) in [7, 11) is 0. The SMILES string of the molecule is c1ccc(-c2ccc(-c3ccnc(CN4CCC5(CC4)OCCc4ccccc45)c3)cc2)cc1. The number of aromatic nitrogens is 1. The van der Waals surface area contributed by atoms with Crippen LogP contribution in [-0.2, 0) is 23.3 Å². The Labute approximate surface area is 202 Å². The van der Waals surface area contributed by atoms with Gasteiger partial charge in [0.1, 0.15) is 0 Å². The average Bonchev–Trinajstić information content (AvgIpc) is 2.91. The summed E-state index contributed by atoms with van der Waals surface area (Å²) in [6.07, 6.45) is 5.07. The first-order valence-electron chi connectivity index (χ1n) is 12.3. The minimum absolute atomic E-state index is 0.0961. The summed E-state index contributed by atoms with van der Waals surface area (Å²) >= 11 is 0. The topological polar surface area (TPSA) is 25.4 Å². The summed E-state index contributed by atoms with van der Waals surface area (Å²) in [6.45, 7) is 3.79. The Morgan fingerprint density at radius 2 is 1.41 bits per heavy atom. The standard InChI is InChI=1S/C31H30N2O/c1-2-6-24(7-3-1)25-10-12-26(13-11-25)28-14-18-32-29(22-28)23-33-19-16-31(17-20-33)30-9-5-4-8-27(30)15-21-34-31/h1-14,18,22H,15-17,19-21,23H2. The van der Waals surface area contributed by atoms with Gasteiger partial charge in [-0.25, -0.2) is 0 Å². The normalized spacial score (nSPS) is 17.4. The number of nitrogens with zero attached hydrogens (tertiary/aromatic N) is 2. The molecule has 2 aliphatic heterocycles. The molecule has 6 rings (SSSR count). The van der Waals surface area contributed by atoms with E-state index in [1.807, 2.05) is 6.20 Å². The Morgan fingerprint density at radius 3 is 2.21 bits per heavy atom. The summed E-state index contributed by atoms with van der Waals surface area (Å²) in [5, 5.41) is 0. The van der Waals surface area contributed by atoms with Gasteiger partial charge >= 0.3 is 0 Å². The van der Waals surface area contributed by atoms with Crippen molar-refractivity contribution in [3.63, 3.8) is 0 Å². The number of ether oxygens (including phenoxy) is 1. The molecular formula is C31H30N2O. The van der Waals surface area contributed by atoms with E-state index in [0.717, 1.165) is 51.2 Å². The molecule has 3 heterocycles. The Hall–Kier alpha value is -3.27. The molecule has 170 valence electrons. The van der Waals surface area contributed by atoms with Crippen LogP contribution in [0.25, 0.3) is 22.3 Å². The van der Waals surface area contributed by atoms with Crippen LogP contribution in [0.4, 0.5) is 0 Å². The van der Waals surface area contributed by atoms with Gasteiger partial charge in [-0.1, -0.05) is 78.9 Å². The lowest BCUT2D eigenvalue weighted by Gasteiger charge is -2.45. The fourth-order valence-electron chi connectivity index (χ4n) is 5.56. The fourth-order valence-corrected chi connectivity index (χ4v) is 5.56. The van der Waals surface area contributed by atoms with Gasteiger partial charge in [-0.05, 0) is 64.8 Å². The van der Waals surface area contributed by atoms with Crippen molar-refractivity contribution in [3.8, 4) is 22.3 Å². The van der Waals surface area contributed by atoms with Crippen LogP contribution in [0.15, 0.2) is 97.2 Å². The lowest BCUT2D eigenvalue weighted by atomic mass is 9.79. The number of benzene rings is 3. The maximum Gasteiger partial charge on any atom is 0.0958 e. The molecule has 3 nitrogen and oxygen atoms in total. The minimum Gasteiger partial charge on any atom is -0.370 e. The molecule has 0 unspecified atom stereocenters. The first-order valence-corrected chi connectivity index (χ1v) is 12.3.